The number of alkyl halides is 3. The Balaban J connectivity index is 2.70. The van der Waals surface area contributed by atoms with E-state index in [4.69, 9.17) is 39.5 Å². The normalized spacial score (nSPS) is 11.6. The average Bonchev–Trinajstić information content (AvgIpc) is 2.36. The SMILES string of the molecule is COc1cc(-c2c(Cl)cc(Cl)cc2Cl)cc(C(F)(F)F)c1. The van der Waals surface area contributed by atoms with E-state index in [2.05, 4.69) is 0 Å². The molecule has 0 saturated heterocycles. The molecule has 0 spiro atoms. The maximum atomic E-state index is 12.9. The molecule has 0 heterocycles. The van der Waals surface area contributed by atoms with Crippen LogP contribution in [0.1, 0.15) is 5.56 Å². The van der Waals surface area contributed by atoms with Crippen molar-refractivity contribution in [3.63, 3.8) is 0 Å². The van der Waals surface area contributed by atoms with Crippen molar-refractivity contribution in [1.29, 1.82) is 0 Å². The number of benzene rings is 2. The van der Waals surface area contributed by atoms with E-state index in [-0.39, 0.29) is 26.9 Å². The molecule has 1 nitrogen and oxygen atoms in total. The molecule has 0 radical (unpaired) electrons. The summed E-state index contributed by atoms with van der Waals surface area (Å²) in [5.41, 5.74) is -0.376. The van der Waals surface area contributed by atoms with Gasteiger partial charge in [0.15, 0.2) is 0 Å². The van der Waals surface area contributed by atoms with Gasteiger partial charge >= 0.3 is 6.18 Å². The molecule has 7 heteroatoms. The molecule has 0 bridgehead atoms. The highest BCUT2D eigenvalue weighted by atomic mass is 35.5. The minimum absolute atomic E-state index is 0.0573. The number of methoxy groups -OCH3 is 1. The van der Waals surface area contributed by atoms with Gasteiger partial charge in [0.1, 0.15) is 5.75 Å². The molecule has 0 saturated carbocycles. The van der Waals surface area contributed by atoms with Crippen molar-refractivity contribution in [2.75, 3.05) is 7.11 Å². The van der Waals surface area contributed by atoms with Gasteiger partial charge in [-0.2, -0.15) is 13.2 Å². The standard InChI is InChI=1S/C14H8Cl3F3O/c1-21-10-3-7(2-8(4-10)14(18,19)20)13-11(16)5-9(15)6-12(13)17/h2-6H,1H3. The summed E-state index contributed by atoms with van der Waals surface area (Å²) in [7, 11) is 1.28. The van der Waals surface area contributed by atoms with Gasteiger partial charge in [-0.3, -0.25) is 0 Å². The predicted octanol–water partition coefficient (Wildman–Crippen LogP) is 6.34. The highest BCUT2D eigenvalue weighted by Gasteiger charge is 2.32. The van der Waals surface area contributed by atoms with Crippen molar-refractivity contribution in [2.24, 2.45) is 0 Å². The molecule has 0 aliphatic heterocycles. The number of hydrogen-bond donors (Lipinski definition) is 0. The van der Waals surface area contributed by atoms with Crippen molar-refractivity contribution in [3.8, 4) is 16.9 Å². The predicted molar refractivity (Wildman–Crippen MR) is 78.5 cm³/mol. The van der Waals surface area contributed by atoms with Crippen LogP contribution >= 0.6 is 34.8 Å². The van der Waals surface area contributed by atoms with E-state index in [1.54, 1.807) is 0 Å². The summed E-state index contributed by atoms with van der Waals surface area (Å²) in [6.45, 7) is 0. The summed E-state index contributed by atoms with van der Waals surface area (Å²) in [6, 6.07) is 6.12. The maximum Gasteiger partial charge on any atom is 0.416 e. The fourth-order valence-electron chi connectivity index (χ4n) is 1.84. The first kappa shape index (κ1) is 16.3. The summed E-state index contributed by atoms with van der Waals surface area (Å²) in [6.07, 6.45) is -4.51. The Morgan fingerprint density at radius 2 is 1.48 bits per heavy atom. The number of rotatable bonds is 2. The summed E-state index contributed by atoms with van der Waals surface area (Å²) >= 11 is 17.9. The Morgan fingerprint density at radius 3 is 1.95 bits per heavy atom. The van der Waals surface area contributed by atoms with Gasteiger partial charge in [-0.1, -0.05) is 34.8 Å². The molecule has 21 heavy (non-hydrogen) atoms. The van der Waals surface area contributed by atoms with Crippen LogP contribution < -0.4 is 4.74 Å². The van der Waals surface area contributed by atoms with Gasteiger partial charge in [-0.05, 0) is 35.9 Å². The third kappa shape index (κ3) is 3.57. The van der Waals surface area contributed by atoms with Crippen molar-refractivity contribution in [2.45, 2.75) is 6.18 Å². The van der Waals surface area contributed by atoms with Gasteiger partial charge in [0.2, 0.25) is 0 Å². The minimum Gasteiger partial charge on any atom is -0.497 e. The summed E-state index contributed by atoms with van der Waals surface area (Å²) < 4.78 is 43.7. The van der Waals surface area contributed by atoms with Crippen LogP contribution in [-0.2, 0) is 6.18 Å². The van der Waals surface area contributed by atoms with Crippen LogP contribution in [0.3, 0.4) is 0 Å². The van der Waals surface area contributed by atoms with E-state index in [1.807, 2.05) is 0 Å². The average molecular weight is 356 g/mol. The first-order valence-electron chi connectivity index (χ1n) is 5.63. The molecular formula is C14H8Cl3F3O. The topological polar surface area (TPSA) is 9.23 Å². The molecule has 0 N–H and O–H groups in total. The minimum atomic E-state index is -4.51. The largest absolute Gasteiger partial charge is 0.497 e. The lowest BCUT2D eigenvalue weighted by Crippen LogP contribution is -2.05. The molecular weight excluding hydrogens is 348 g/mol. The maximum absolute atomic E-state index is 12.9. The summed E-state index contributed by atoms with van der Waals surface area (Å²) in [4.78, 5) is 0. The zero-order valence-electron chi connectivity index (χ0n) is 10.6. The Kier molecular flexibility index (Phi) is 4.61. The van der Waals surface area contributed by atoms with Gasteiger partial charge in [-0.25, -0.2) is 0 Å². The molecule has 0 aliphatic rings. The number of hydrogen-bond acceptors (Lipinski definition) is 1. The third-order valence-electron chi connectivity index (χ3n) is 2.77. The summed E-state index contributed by atoms with van der Waals surface area (Å²) in [5, 5.41) is 0.621. The zero-order valence-corrected chi connectivity index (χ0v) is 12.8. The second-order valence-corrected chi connectivity index (χ2v) is 5.44. The fourth-order valence-corrected chi connectivity index (χ4v) is 2.88. The molecule has 0 aromatic heterocycles. The highest BCUT2D eigenvalue weighted by Crippen LogP contribution is 2.41. The van der Waals surface area contributed by atoms with Crippen LogP contribution in [0.5, 0.6) is 5.75 Å². The molecule has 2 aromatic rings. The van der Waals surface area contributed by atoms with Gasteiger partial charge < -0.3 is 4.74 Å². The van der Waals surface area contributed by atoms with Gasteiger partial charge in [0.05, 0.1) is 22.7 Å². The molecule has 0 unspecified atom stereocenters. The first-order chi connectivity index (χ1) is 9.72. The van der Waals surface area contributed by atoms with Crippen LogP contribution in [0, 0.1) is 0 Å². The molecule has 2 rings (SSSR count). The second kappa shape index (κ2) is 5.95. The van der Waals surface area contributed by atoms with Crippen molar-refractivity contribution in [3.05, 3.63) is 51.0 Å². The lowest BCUT2D eigenvalue weighted by atomic mass is 10.0. The fraction of sp³-hybridized carbons (Fsp3) is 0.143. The lowest BCUT2D eigenvalue weighted by molar-refractivity contribution is -0.137. The van der Waals surface area contributed by atoms with Crippen LogP contribution in [0.15, 0.2) is 30.3 Å². The van der Waals surface area contributed by atoms with Crippen molar-refractivity contribution >= 4 is 34.8 Å². The van der Waals surface area contributed by atoms with Crippen LogP contribution in [0.25, 0.3) is 11.1 Å². The Hall–Kier alpha value is -1.10. The second-order valence-electron chi connectivity index (χ2n) is 4.19. The molecule has 0 amide bonds. The Morgan fingerprint density at radius 1 is 0.905 bits per heavy atom. The quantitative estimate of drug-likeness (QED) is 0.610. The number of ether oxygens (including phenoxy) is 1. The molecule has 2 aromatic carbocycles. The molecule has 0 fully saturated rings. The smallest absolute Gasteiger partial charge is 0.416 e. The summed E-state index contributed by atoms with van der Waals surface area (Å²) in [5.74, 6) is 0.0573. The van der Waals surface area contributed by atoms with E-state index >= 15 is 0 Å². The molecule has 0 aliphatic carbocycles. The number of halogens is 6. The van der Waals surface area contributed by atoms with E-state index in [0.717, 1.165) is 12.1 Å². The van der Waals surface area contributed by atoms with Crippen molar-refractivity contribution in [1.82, 2.24) is 0 Å². The van der Waals surface area contributed by atoms with E-state index in [0.29, 0.717) is 5.02 Å². The van der Waals surface area contributed by atoms with Crippen molar-refractivity contribution < 1.29 is 17.9 Å². The lowest BCUT2D eigenvalue weighted by Gasteiger charge is -2.14. The van der Waals surface area contributed by atoms with Gasteiger partial charge in [-0.15, -0.1) is 0 Å². The van der Waals surface area contributed by atoms with E-state index < -0.39 is 11.7 Å². The zero-order chi connectivity index (χ0) is 15.8. The first-order valence-corrected chi connectivity index (χ1v) is 6.77. The van der Waals surface area contributed by atoms with Gasteiger partial charge in [0, 0.05) is 10.6 Å². The van der Waals surface area contributed by atoms with Crippen LogP contribution in [0.4, 0.5) is 13.2 Å². The highest BCUT2D eigenvalue weighted by molar-refractivity contribution is 6.41. The molecule has 0 atom stereocenters. The van der Waals surface area contributed by atoms with E-state index in [1.165, 1.54) is 25.3 Å². The van der Waals surface area contributed by atoms with Crippen LogP contribution in [0.2, 0.25) is 15.1 Å². The molecule has 112 valence electrons. The Labute approximate surface area is 134 Å². The van der Waals surface area contributed by atoms with E-state index in [9.17, 15) is 13.2 Å². The Bertz CT molecular complexity index is 661. The van der Waals surface area contributed by atoms with Crippen LogP contribution in [-0.4, -0.2) is 7.11 Å². The van der Waals surface area contributed by atoms with Gasteiger partial charge in [0.25, 0.3) is 0 Å². The third-order valence-corrected chi connectivity index (χ3v) is 3.58. The monoisotopic (exact) mass is 354 g/mol.